The third kappa shape index (κ3) is 2.73. The summed E-state index contributed by atoms with van der Waals surface area (Å²) in [7, 11) is 0. The first kappa shape index (κ1) is 12.0. The number of rotatable bonds is 3. The third-order valence-electron chi connectivity index (χ3n) is 2.08. The van der Waals surface area contributed by atoms with Crippen LogP contribution in [0, 0.1) is 5.92 Å². The highest BCUT2D eigenvalue weighted by Gasteiger charge is 2.10. The lowest BCUT2D eigenvalue weighted by atomic mass is 10.1. The minimum atomic E-state index is -1.05. The van der Waals surface area contributed by atoms with Crippen molar-refractivity contribution in [2.75, 3.05) is 11.1 Å². The van der Waals surface area contributed by atoms with Crippen LogP contribution in [0.15, 0.2) is 18.2 Å². The number of nitrogens with two attached hydrogens (primary N) is 1. The van der Waals surface area contributed by atoms with Gasteiger partial charge in [-0.3, -0.25) is 4.79 Å². The topological polar surface area (TPSA) is 92.4 Å². The largest absolute Gasteiger partial charge is 0.478 e. The average molecular weight is 222 g/mol. The van der Waals surface area contributed by atoms with E-state index in [1.54, 1.807) is 13.8 Å². The molecule has 0 heterocycles. The molecule has 1 aromatic carbocycles. The molecule has 1 rings (SSSR count). The van der Waals surface area contributed by atoms with Gasteiger partial charge in [0.2, 0.25) is 5.91 Å². The van der Waals surface area contributed by atoms with E-state index >= 15 is 0 Å². The van der Waals surface area contributed by atoms with Crippen LogP contribution in [-0.2, 0) is 4.79 Å². The fraction of sp³-hybridized carbons (Fsp3) is 0.273. The van der Waals surface area contributed by atoms with Crippen LogP contribution in [-0.4, -0.2) is 17.0 Å². The summed E-state index contributed by atoms with van der Waals surface area (Å²) in [4.78, 5) is 22.1. The molecule has 0 atom stereocenters. The number of hydrogen-bond acceptors (Lipinski definition) is 3. The maximum atomic E-state index is 11.4. The van der Waals surface area contributed by atoms with E-state index in [0.29, 0.717) is 5.69 Å². The highest BCUT2D eigenvalue weighted by molar-refractivity contribution is 5.97. The molecule has 1 amide bonds. The average Bonchev–Trinajstić information content (AvgIpc) is 2.20. The molecule has 5 heteroatoms. The minimum absolute atomic E-state index is 0.0973. The molecule has 4 N–H and O–H groups in total. The Morgan fingerprint density at radius 3 is 2.44 bits per heavy atom. The molecular weight excluding hydrogens is 208 g/mol. The molecule has 0 saturated heterocycles. The summed E-state index contributed by atoms with van der Waals surface area (Å²) in [6, 6.07) is 4.20. The first-order valence-corrected chi connectivity index (χ1v) is 4.85. The number of carboxylic acid groups (broad SMARTS) is 1. The number of nitrogens with one attached hydrogen (secondary N) is 1. The number of aromatic carboxylic acids is 1. The summed E-state index contributed by atoms with van der Waals surface area (Å²) in [5.74, 6) is -1.36. The molecule has 86 valence electrons. The number of benzene rings is 1. The van der Waals surface area contributed by atoms with E-state index in [1.165, 1.54) is 18.2 Å². The predicted molar refractivity (Wildman–Crippen MR) is 61.3 cm³/mol. The number of amides is 1. The number of carbonyl (C=O) groups excluding carboxylic acids is 1. The Bertz CT molecular complexity index is 427. The maximum absolute atomic E-state index is 11.4. The van der Waals surface area contributed by atoms with E-state index in [4.69, 9.17) is 10.8 Å². The second-order valence-corrected chi connectivity index (χ2v) is 3.75. The second kappa shape index (κ2) is 4.65. The third-order valence-corrected chi connectivity index (χ3v) is 2.08. The van der Waals surface area contributed by atoms with Crippen molar-refractivity contribution in [1.29, 1.82) is 0 Å². The van der Waals surface area contributed by atoms with E-state index in [1.807, 2.05) is 0 Å². The van der Waals surface area contributed by atoms with Gasteiger partial charge in [-0.15, -0.1) is 0 Å². The number of carbonyl (C=O) groups is 2. The molecule has 0 aliphatic carbocycles. The van der Waals surface area contributed by atoms with E-state index in [9.17, 15) is 9.59 Å². The van der Waals surface area contributed by atoms with Gasteiger partial charge >= 0.3 is 5.97 Å². The maximum Gasteiger partial charge on any atom is 0.335 e. The molecule has 0 aromatic heterocycles. The van der Waals surface area contributed by atoms with Crippen LogP contribution in [0.1, 0.15) is 24.2 Å². The molecule has 0 bridgehead atoms. The zero-order valence-electron chi connectivity index (χ0n) is 9.15. The van der Waals surface area contributed by atoms with Gasteiger partial charge in [0, 0.05) is 5.92 Å². The highest BCUT2D eigenvalue weighted by Crippen LogP contribution is 2.20. The lowest BCUT2D eigenvalue weighted by molar-refractivity contribution is -0.118. The number of carboxylic acids is 1. The molecule has 0 aliphatic heterocycles. The van der Waals surface area contributed by atoms with Crippen molar-refractivity contribution in [3.05, 3.63) is 23.8 Å². The fourth-order valence-electron chi connectivity index (χ4n) is 1.09. The number of nitrogen functional groups attached to an aromatic ring is 1. The number of hydrogen-bond donors (Lipinski definition) is 3. The predicted octanol–water partition coefficient (Wildman–Crippen LogP) is 1.56. The molecule has 0 spiro atoms. The van der Waals surface area contributed by atoms with Crippen molar-refractivity contribution in [2.24, 2.45) is 5.92 Å². The number of anilines is 2. The van der Waals surface area contributed by atoms with Crippen molar-refractivity contribution in [3.63, 3.8) is 0 Å². The lowest BCUT2D eigenvalue weighted by Crippen LogP contribution is -2.18. The van der Waals surface area contributed by atoms with Gasteiger partial charge in [0.15, 0.2) is 0 Å². The van der Waals surface area contributed by atoms with Crippen molar-refractivity contribution in [1.82, 2.24) is 0 Å². The van der Waals surface area contributed by atoms with Crippen molar-refractivity contribution in [3.8, 4) is 0 Å². The highest BCUT2D eigenvalue weighted by atomic mass is 16.4. The standard InChI is InChI=1S/C11H14N2O3/c1-6(2)10(14)13-9-4-3-7(11(15)16)5-8(9)12/h3-6H,12H2,1-2H3,(H,13,14)(H,15,16). The van der Waals surface area contributed by atoms with Crippen LogP contribution in [0.4, 0.5) is 11.4 Å². The van der Waals surface area contributed by atoms with Crippen LogP contribution in [0.25, 0.3) is 0 Å². The Morgan fingerprint density at radius 1 is 1.38 bits per heavy atom. The van der Waals surface area contributed by atoms with Crippen LogP contribution in [0.3, 0.4) is 0 Å². The molecule has 0 aliphatic rings. The van der Waals surface area contributed by atoms with E-state index in [0.717, 1.165) is 0 Å². The molecule has 0 fully saturated rings. The zero-order valence-corrected chi connectivity index (χ0v) is 9.15. The first-order valence-electron chi connectivity index (χ1n) is 4.85. The molecular formula is C11H14N2O3. The Labute approximate surface area is 93.3 Å². The van der Waals surface area contributed by atoms with Crippen molar-refractivity contribution in [2.45, 2.75) is 13.8 Å². The van der Waals surface area contributed by atoms with Crippen molar-refractivity contribution < 1.29 is 14.7 Å². The summed E-state index contributed by atoms with van der Waals surface area (Å²) in [5.41, 5.74) is 6.41. The molecule has 16 heavy (non-hydrogen) atoms. The van der Waals surface area contributed by atoms with Crippen LogP contribution in [0.2, 0.25) is 0 Å². The Balaban J connectivity index is 2.91. The molecule has 5 nitrogen and oxygen atoms in total. The Morgan fingerprint density at radius 2 is 2.00 bits per heavy atom. The molecule has 0 unspecified atom stereocenters. The molecule has 0 radical (unpaired) electrons. The summed E-state index contributed by atoms with van der Waals surface area (Å²) in [6.07, 6.45) is 0. The Kier molecular flexibility index (Phi) is 3.50. The summed E-state index contributed by atoms with van der Waals surface area (Å²) in [6.45, 7) is 3.52. The lowest BCUT2D eigenvalue weighted by Gasteiger charge is -2.10. The van der Waals surface area contributed by atoms with Crippen molar-refractivity contribution >= 4 is 23.3 Å². The van der Waals surface area contributed by atoms with Crippen LogP contribution in [0.5, 0.6) is 0 Å². The minimum Gasteiger partial charge on any atom is -0.478 e. The molecule has 1 aromatic rings. The Hall–Kier alpha value is -2.04. The van der Waals surface area contributed by atoms with E-state index < -0.39 is 5.97 Å². The fourth-order valence-corrected chi connectivity index (χ4v) is 1.09. The van der Waals surface area contributed by atoms with Crippen LogP contribution < -0.4 is 11.1 Å². The van der Waals surface area contributed by atoms with Gasteiger partial charge in [0.1, 0.15) is 0 Å². The quantitative estimate of drug-likeness (QED) is 0.676. The van der Waals surface area contributed by atoms with Gasteiger partial charge in [-0.05, 0) is 18.2 Å². The van der Waals surface area contributed by atoms with Gasteiger partial charge in [-0.2, -0.15) is 0 Å². The first-order chi connectivity index (χ1) is 7.41. The summed E-state index contributed by atoms with van der Waals surface area (Å²) < 4.78 is 0. The van der Waals surface area contributed by atoms with Gasteiger partial charge in [0.05, 0.1) is 16.9 Å². The smallest absolute Gasteiger partial charge is 0.335 e. The van der Waals surface area contributed by atoms with E-state index in [-0.39, 0.29) is 23.1 Å². The van der Waals surface area contributed by atoms with Gasteiger partial charge in [-0.1, -0.05) is 13.8 Å². The summed E-state index contributed by atoms with van der Waals surface area (Å²) >= 11 is 0. The molecule has 0 saturated carbocycles. The summed E-state index contributed by atoms with van der Waals surface area (Å²) in [5, 5.41) is 11.3. The van der Waals surface area contributed by atoms with Gasteiger partial charge < -0.3 is 16.2 Å². The normalized spacial score (nSPS) is 10.2. The monoisotopic (exact) mass is 222 g/mol. The van der Waals surface area contributed by atoms with Gasteiger partial charge in [-0.25, -0.2) is 4.79 Å². The van der Waals surface area contributed by atoms with Gasteiger partial charge in [0.25, 0.3) is 0 Å². The SMILES string of the molecule is CC(C)C(=O)Nc1ccc(C(=O)O)cc1N. The zero-order chi connectivity index (χ0) is 12.3. The second-order valence-electron chi connectivity index (χ2n) is 3.75. The van der Waals surface area contributed by atoms with E-state index in [2.05, 4.69) is 5.32 Å². The van der Waals surface area contributed by atoms with Crippen LogP contribution >= 0.6 is 0 Å².